The maximum Gasteiger partial charge on any atom is 0.391 e. The minimum atomic E-state index is -4.01. The molecule has 0 bridgehead atoms. The van der Waals surface area contributed by atoms with Gasteiger partial charge in [-0.3, -0.25) is 0 Å². The fourth-order valence-corrected chi connectivity index (χ4v) is 3.20. The second-order valence-electron chi connectivity index (χ2n) is 5.93. The number of nitrogens with one attached hydrogen (secondary N) is 1. The Kier molecular flexibility index (Phi) is 4.54. The van der Waals surface area contributed by atoms with E-state index in [0.717, 1.165) is 26.1 Å². The summed E-state index contributed by atoms with van der Waals surface area (Å²) in [5.41, 5.74) is 0. The lowest BCUT2D eigenvalue weighted by atomic mass is 9.85. The number of hydrogen-bond acceptors (Lipinski definition) is 2. The Hall–Kier alpha value is -0.290. The summed E-state index contributed by atoms with van der Waals surface area (Å²) in [6.07, 6.45) is -0.658. The molecule has 2 rings (SSSR count). The quantitative estimate of drug-likeness (QED) is 0.843. The van der Waals surface area contributed by atoms with E-state index in [9.17, 15) is 13.2 Å². The highest BCUT2D eigenvalue weighted by atomic mass is 19.4. The van der Waals surface area contributed by atoms with E-state index in [4.69, 9.17) is 0 Å². The van der Waals surface area contributed by atoms with Crippen molar-refractivity contribution in [2.75, 3.05) is 26.7 Å². The van der Waals surface area contributed by atoms with E-state index in [-0.39, 0.29) is 12.5 Å². The van der Waals surface area contributed by atoms with Crippen molar-refractivity contribution in [3.8, 4) is 0 Å². The van der Waals surface area contributed by atoms with Gasteiger partial charge in [0.1, 0.15) is 0 Å². The maximum atomic E-state index is 12.7. The molecule has 106 valence electrons. The highest BCUT2D eigenvalue weighted by Crippen LogP contribution is 2.37. The molecule has 2 fully saturated rings. The van der Waals surface area contributed by atoms with E-state index in [1.165, 1.54) is 6.42 Å². The zero-order chi connectivity index (χ0) is 13.2. The van der Waals surface area contributed by atoms with E-state index >= 15 is 0 Å². The van der Waals surface area contributed by atoms with E-state index in [2.05, 4.69) is 17.3 Å². The van der Waals surface area contributed by atoms with Crippen LogP contribution in [0.4, 0.5) is 13.2 Å². The first-order valence-corrected chi connectivity index (χ1v) is 6.94. The Labute approximate surface area is 107 Å². The summed E-state index contributed by atoms with van der Waals surface area (Å²) < 4.78 is 38.0. The van der Waals surface area contributed by atoms with Crippen LogP contribution in [-0.2, 0) is 0 Å². The second-order valence-corrected chi connectivity index (χ2v) is 5.93. The second kappa shape index (κ2) is 5.78. The number of alkyl halides is 3. The molecule has 5 heteroatoms. The Morgan fingerprint density at radius 3 is 2.61 bits per heavy atom. The van der Waals surface area contributed by atoms with Crippen LogP contribution in [0.2, 0.25) is 0 Å². The van der Waals surface area contributed by atoms with Crippen LogP contribution in [0.3, 0.4) is 0 Å². The lowest BCUT2D eigenvalue weighted by molar-refractivity contribution is -0.183. The molecule has 1 N–H and O–H groups in total. The third kappa shape index (κ3) is 3.85. The molecule has 3 unspecified atom stereocenters. The summed E-state index contributed by atoms with van der Waals surface area (Å²) in [6.45, 7) is 3.06. The van der Waals surface area contributed by atoms with Gasteiger partial charge in [-0.05, 0) is 51.7 Å². The Bertz CT molecular complexity index is 267. The Morgan fingerprint density at radius 1 is 1.22 bits per heavy atom. The highest BCUT2D eigenvalue weighted by molar-refractivity contribution is 4.83. The molecule has 0 spiro atoms. The number of rotatable bonds is 3. The van der Waals surface area contributed by atoms with Gasteiger partial charge in [-0.1, -0.05) is 6.42 Å². The summed E-state index contributed by atoms with van der Waals surface area (Å²) in [5, 5.41) is 3.36. The predicted octanol–water partition coefficient (Wildman–Crippen LogP) is 2.65. The smallest absolute Gasteiger partial charge is 0.314 e. The van der Waals surface area contributed by atoms with Gasteiger partial charge in [0.25, 0.3) is 0 Å². The molecule has 3 atom stereocenters. The number of likely N-dealkylation sites (tertiary alicyclic amines) is 1. The first-order chi connectivity index (χ1) is 8.45. The monoisotopic (exact) mass is 264 g/mol. The molecule has 1 aliphatic carbocycles. The first kappa shape index (κ1) is 14.1. The van der Waals surface area contributed by atoms with Gasteiger partial charge < -0.3 is 10.2 Å². The lowest BCUT2D eigenvalue weighted by Gasteiger charge is -2.31. The molecule has 0 aromatic heterocycles. The molecular weight excluding hydrogens is 241 g/mol. The molecule has 18 heavy (non-hydrogen) atoms. The van der Waals surface area contributed by atoms with Crippen molar-refractivity contribution in [2.24, 2.45) is 11.8 Å². The van der Waals surface area contributed by atoms with Crippen molar-refractivity contribution in [3.63, 3.8) is 0 Å². The van der Waals surface area contributed by atoms with Crippen LogP contribution in [0.5, 0.6) is 0 Å². The number of halogens is 3. The summed E-state index contributed by atoms with van der Waals surface area (Å²) >= 11 is 0. The van der Waals surface area contributed by atoms with Gasteiger partial charge in [0, 0.05) is 12.6 Å². The molecule has 2 nitrogen and oxygen atoms in total. The fraction of sp³-hybridized carbons (Fsp3) is 1.00. The van der Waals surface area contributed by atoms with Gasteiger partial charge in [-0.2, -0.15) is 13.2 Å². The molecule has 2 aliphatic rings. The third-order valence-corrected chi connectivity index (χ3v) is 4.32. The average molecular weight is 264 g/mol. The van der Waals surface area contributed by atoms with E-state index in [1.807, 2.05) is 0 Å². The molecule has 0 amide bonds. The van der Waals surface area contributed by atoms with Crippen molar-refractivity contribution < 1.29 is 13.2 Å². The van der Waals surface area contributed by atoms with Gasteiger partial charge in [0.2, 0.25) is 0 Å². The molecule has 1 heterocycles. The van der Waals surface area contributed by atoms with Crippen LogP contribution in [0.1, 0.15) is 32.1 Å². The first-order valence-electron chi connectivity index (χ1n) is 6.94. The van der Waals surface area contributed by atoms with E-state index in [0.29, 0.717) is 18.8 Å². The van der Waals surface area contributed by atoms with Gasteiger partial charge in [-0.15, -0.1) is 0 Å². The summed E-state index contributed by atoms with van der Waals surface area (Å²) in [4.78, 5) is 2.28. The SMILES string of the molecule is CN1CCC(CNC2CCCC(C(F)(F)F)C2)C1. The molecule has 1 saturated carbocycles. The molecule has 1 saturated heterocycles. The van der Waals surface area contributed by atoms with E-state index < -0.39 is 12.1 Å². The normalized spacial score (nSPS) is 35.0. The fourth-order valence-electron chi connectivity index (χ4n) is 3.20. The molecule has 0 radical (unpaired) electrons. The van der Waals surface area contributed by atoms with Crippen LogP contribution >= 0.6 is 0 Å². The van der Waals surface area contributed by atoms with Crippen LogP contribution in [0.25, 0.3) is 0 Å². The topological polar surface area (TPSA) is 15.3 Å². The maximum absolute atomic E-state index is 12.7. The summed E-state index contributed by atoms with van der Waals surface area (Å²) in [6, 6.07) is 0.0660. The van der Waals surface area contributed by atoms with Crippen molar-refractivity contribution in [1.29, 1.82) is 0 Å². The van der Waals surface area contributed by atoms with Gasteiger partial charge in [0.05, 0.1) is 5.92 Å². The van der Waals surface area contributed by atoms with Gasteiger partial charge in [-0.25, -0.2) is 0 Å². The van der Waals surface area contributed by atoms with Gasteiger partial charge >= 0.3 is 6.18 Å². The molecule has 1 aliphatic heterocycles. The average Bonchev–Trinajstić information content (AvgIpc) is 2.72. The van der Waals surface area contributed by atoms with Crippen LogP contribution in [0.15, 0.2) is 0 Å². The predicted molar refractivity (Wildman–Crippen MR) is 65.4 cm³/mol. The summed E-state index contributed by atoms with van der Waals surface area (Å²) in [5.74, 6) is -0.476. The highest BCUT2D eigenvalue weighted by Gasteiger charge is 2.42. The zero-order valence-electron chi connectivity index (χ0n) is 11.0. The van der Waals surface area contributed by atoms with Crippen LogP contribution in [0, 0.1) is 11.8 Å². The minimum Gasteiger partial charge on any atom is -0.314 e. The third-order valence-electron chi connectivity index (χ3n) is 4.32. The zero-order valence-corrected chi connectivity index (χ0v) is 11.0. The molecular formula is C13H23F3N2. The Balaban J connectivity index is 1.73. The van der Waals surface area contributed by atoms with Crippen molar-refractivity contribution in [3.05, 3.63) is 0 Å². The van der Waals surface area contributed by atoms with Crippen LogP contribution < -0.4 is 5.32 Å². The van der Waals surface area contributed by atoms with Crippen molar-refractivity contribution in [2.45, 2.75) is 44.3 Å². The standard InChI is InChI=1S/C13H23F3N2/c1-18-6-5-10(9-18)8-17-12-4-2-3-11(7-12)13(14,15)16/h10-12,17H,2-9H2,1H3. The lowest BCUT2D eigenvalue weighted by Crippen LogP contribution is -2.40. The van der Waals surface area contributed by atoms with Crippen LogP contribution in [-0.4, -0.2) is 43.8 Å². The van der Waals surface area contributed by atoms with E-state index in [1.54, 1.807) is 0 Å². The van der Waals surface area contributed by atoms with Crippen molar-refractivity contribution >= 4 is 0 Å². The minimum absolute atomic E-state index is 0.0660. The molecule has 0 aromatic carbocycles. The number of nitrogens with zero attached hydrogens (tertiary/aromatic N) is 1. The van der Waals surface area contributed by atoms with Gasteiger partial charge in [0.15, 0.2) is 0 Å². The summed E-state index contributed by atoms with van der Waals surface area (Å²) in [7, 11) is 2.10. The Morgan fingerprint density at radius 2 is 2.00 bits per heavy atom. The largest absolute Gasteiger partial charge is 0.391 e. The number of hydrogen-bond donors (Lipinski definition) is 1. The van der Waals surface area contributed by atoms with Crippen molar-refractivity contribution in [1.82, 2.24) is 10.2 Å². The molecule has 0 aromatic rings.